The van der Waals surface area contributed by atoms with Crippen molar-refractivity contribution in [3.63, 3.8) is 0 Å². The molecule has 1 N–H and O–H groups in total. The third-order valence-corrected chi connectivity index (χ3v) is 4.76. The first kappa shape index (κ1) is 15.3. The maximum absolute atomic E-state index is 12.0. The lowest BCUT2D eigenvalue weighted by atomic mass is 10.1. The fourth-order valence-electron chi connectivity index (χ4n) is 2.55. The predicted octanol–water partition coefficient (Wildman–Crippen LogP) is 0.546. The highest BCUT2D eigenvalue weighted by molar-refractivity contribution is 7.90. The highest BCUT2D eigenvalue weighted by Crippen LogP contribution is 2.27. The van der Waals surface area contributed by atoms with Crippen LogP contribution in [0.1, 0.15) is 5.56 Å². The second-order valence-corrected chi connectivity index (χ2v) is 7.01. The highest BCUT2D eigenvalue weighted by atomic mass is 32.2. The summed E-state index contributed by atoms with van der Waals surface area (Å²) >= 11 is 0. The third-order valence-electron chi connectivity index (χ3n) is 3.56. The summed E-state index contributed by atoms with van der Waals surface area (Å²) in [5.74, 6) is 0.435. The minimum absolute atomic E-state index is 0.331. The Bertz CT molecular complexity index is 552. The average molecular weight is 298 g/mol. The second kappa shape index (κ2) is 6.56. The summed E-state index contributed by atoms with van der Waals surface area (Å²) in [7, 11) is -1.78. The molecule has 0 radical (unpaired) electrons. The fourth-order valence-corrected chi connectivity index (χ4v) is 3.72. The van der Waals surface area contributed by atoms with Gasteiger partial charge >= 0.3 is 0 Å². The van der Waals surface area contributed by atoms with Crippen LogP contribution >= 0.6 is 0 Å². The van der Waals surface area contributed by atoms with Crippen LogP contribution in [0.5, 0.6) is 5.75 Å². The molecule has 1 aromatic carbocycles. The van der Waals surface area contributed by atoms with Crippen LogP contribution < -0.4 is 10.1 Å². The zero-order valence-corrected chi connectivity index (χ0v) is 12.9. The minimum atomic E-state index is -3.29. The van der Waals surface area contributed by atoms with E-state index in [1.54, 1.807) is 6.07 Å². The molecule has 1 aromatic rings. The zero-order valence-electron chi connectivity index (χ0n) is 12.1. The maximum atomic E-state index is 12.0. The summed E-state index contributed by atoms with van der Waals surface area (Å²) in [5.41, 5.74) is 0.838. The Balaban J connectivity index is 2.18. The van der Waals surface area contributed by atoms with Crippen LogP contribution in [0.4, 0.5) is 0 Å². The van der Waals surface area contributed by atoms with Gasteiger partial charge in [0, 0.05) is 39.0 Å². The molecule has 0 saturated carbocycles. The lowest BCUT2D eigenvalue weighted by Crippen LogP contribution is -2.44. The van der Waals surface area contributed by atoms with Gasteiger partial charge in [-0.2, -0.15) is 0 Å². The number of benzene rings is 1. The number of nitrogens with zero attached hydrogens (tertiary/aromatic N) is 1. The van der Waals surface area contributed by atoms with E-state index >= 15 is 0 Å². The van der Waals surface area contributed by atoms with Crippen molar-refractivity contribution in [1.29, 1.82) is 0 Å². The first-order chi connectivity index (χ1) is 9.52. The van der Waals surface area contributed by atoms with Gasteiger partial charge in [-0.05, 0) is 18.1 Å². The average Bonchev–Trinajstić information content (AvgIpc) is 2.44. The Morgan fingerprint density at radius 1 is 1.30 bits per heavy atom. The Morgan fingerprint density at radius 2 is 2.00 bits per heavy atom. The highest BCUT2D eigenvalue weighted by Gasteiger charge is 2.19. The molecule has 1 saturated heterocycles. The molecule has 1 aliphatic heterocycles. The molecule has 1 fully saturated rings. The van der Waals surface area contributed by atoms with Crippen LogP contribution in [-0.2, 0) is 16.3 Å². The molecule has 5 nitrogen and oxygen atoms in total. The normalized spacial score (nSPS) is 17.1. The molecule has 0 amide bonds. The zero-order chi connectivity index (χ0) is 14.6. The fraction of sp³-hybridized carbons (Fsp3) is 0.571. The molecule has 0 unspecified atom stereocenters. The number of rotatable bonds is 5. The molecule has 20 heavy (non-hydrogen) atoms. The number of ether oxygens (including phenoxy) is 1. The monoisotopic (exact) mass is 298 g/mol. The molecule has 0 atom stereocenters. The number of sulfone groups is 1. The van der Waals surface area contributed by atoms with Crippen molar-refractivity contribution >= 4 is 9.84 Å². The summed E-state index contributed by atoms with van der Waals surface area (Å²) in [6, 6.07) is 5.42. The molecule has 0 bridgehead atoms. The number of hydrogen-bond donors (Lipinski definition) is 1. The van der Waals surface area contributed by atoms with Crippen molar-refractivity contribution in [3.05, 3.63) is 23.8 Å². The number of methoxy groups -OCH3 is 1. The van der Waals surface area contributed by atoms with Gasteiger partial charge in [0.05, 0.1) is 7.11 Å². The van der Waals surface area contributed by atoms with E-state index in [-0.39, 0.29) is 0 Å². The number of hydrogen-bond acceptors (Lipinski definition) is 5. The van der Waals surface area contributed by atoms with Gasteiger partial charge in [0.15, 0.2) is 9.84 Å². The molecule has 1 aliphatic rings. The van der Waals surface area contributed by atoms with Gasteiger partial charge in [-0.3, -0.25) is 0 Å². The third kappa shape index (κ3) is 3.71. The molecular weight excluding hydrogens is 276 g/mol. The van der Waals surface area contributed by atoms with Crippen molar-refractivity contribution in [2.75, 3.05) is 46.1 Å². The Hall–Kier alpha value is -1.11. The van der Waals surface area contributed by atoms with E-state index < -0.39 is 9.84 Å². The molecule has 6 heteroatoms. The van der Waals surface area contributed by atoms with E-state index in [4.69, 9.17) is 4.74 Å². The van der Waals surface area contributed by atoms with Gasteiger partial charge in [0.25, 0.3) is 0 Å². The van der Waals surface area contributed by atoms with Crippen molar-refractivity contribution in [2.24, 2.45) is 0 Å². The molecule has 1 heterocycles. The summed E-state index contributed by atoms with van der Waals surface area (Å²) in [4.78, 5) is 2.68. The van der Waals surface area contributed by atoms with Crippen molar-refractivity contribution in [3.8, 4) is 5.75 Å². The number of piperazine rings is 1. The summed E-state index contributed by atoms with van der Waals surface area (Å²) in [6.07, 6.45) is 1.96. The van der Waals surface area contributed by atoms with Crippen LogP contribution in [-0.4, -0.2) is 59.4 Å². The van der Waals surface area contributed by atoms with E-state index in [2.05, 4.69) is 10.2 Å². The van der Waals surface area contributed by atoms with Gasteiger partial charge in [0.1, 0.15) is 10.6 Å². The molecular formula is C14H22N2O3S. The van der Waals surface area contributed by atoms with Crippen molar-refractivity contribution in [1.82, 2.24) is 10.2 Å². The molecule has 112 valence electrons. The topological polar surface area (TPSA) is 58.6 Å². The van der Waals surface area contributed by atoms with Crippen LogP contribution in [0, 0.1) is 0 Å². The molecule has 2 rings (SSSR count). The van der Waals surface area contributed by atoms with Gasteiger partial charge in [-0.25, -0.2) is 8.42 Å². The first-order valence-corrected chi connectivity index (χ1v) is 8.70. The Kier molecular flexibility index (Phi) is 5.01. The minimum Gasteiger partial charge on any atom is -0.495 e. The quantitative estimate of drug-likeness (QED) is 0.860. The number of nitrogens with one attached hydrogen (secondary N) is 1. The van der Waals surface area contributed by atoms with Crippen LogP contribution in [0.15, 0.2) is 23.1 Å². The standard InChI is InChI=1S/C14H22N2O3S/c1-19-13-5-3-4-12(14(13)20(2,17)18)6-9-16-10-7-15-8-11-16/h3-5,15H,6-11H2,1-2H3. The van der Waals surface area contributed by atoms with Crippen LogP contribution in [0.3, 0.4) is 0 Å². The van der Waals surface area contributed by atoms with Gasteiger partial charge in [0.2, 0.25) is 0 Å². The van der Waals surface area contributed by atoms with Gasteiger partial charge in [-0.1, -0.05) is 12.1 Å². The summed E-state index contributed by atoms with van der Waals surface area (Å²) in [5, 5.41) is 3.31. The second-order valence-electron chi connectivity index (χ2n) is 5.06. The summed E-state index contributed by atoms with van der Waals surface area (Å²) in [6.45, 7) is 4.89. The SMILES string of the molecule is COc1cccc(CCN2CCNCC2)c1S(C)(=O)=O. The first-order valence-electron chi connectivity index (χ1n) is 6.81. The Labute approximate surface area is 120 Å². The van der Waals surface area contributed by atoms with E-state index in [0.29, 0.717) is 10.6 Å². The van der Waals surface area contributed by atoms with Gasteiger partial charge < -0.3 is 15.0 Å². The van der Waals surface area contributed by atoms with Crippen molar-refractivity contribution < 1.29 is 13.2 Å². The van der Waals surface area contributed by atoms with Crippen LogP contribution in [0.25, 0.3) is 0 Å². The van der Waals surface area contributed by atoms with E-state index in [0.717, 1.165) is 44.7 Å². The smallest absolute Gasteiger partial charge is 0.179 e. The summed E-state index contributed by atoms with van der Waals surface area (Å²) < 4.78 is 29.2. The molecule has 0 aliphatic carbocycles. The Morgan fingerprint density at radius 3 is 2.60 bits per heavy atom. The van der Waals surface area contributed by atoms with Crippen molar-refractivity contribution in [2.45, 2.75) is 11.3 Å². The molecule has 0 spiro atoms. The molecule has 0 aromatic heterocycles. The maximum Gasteiger partial charge on any atom is 0.179 e. The largest absolute Gasteiger partial charge is 0.495 e. The van der Waals surface area contributed by atoms with E-state index in [1.807, 2.05) is 12.1 Å². The lowest BCUT2D eigenvalue weighted by Gasteiger charge is -2.27. The van der Waals surface area contributed by atoms with E-state index in [1.165, 1.54) is 13.4 Å². The predicted molar refractivity (Wildman–Crippen MR) is 79.1 cm³/mol. The van der Waals surface area contributed by atoms with E-state index in [9.17, 15) is 8.42 Å². The van der Waals surface area contributed by atoms with Crippen LogP contribution in [0.2, 0.25) is 0 Å². The lowest BCUT2D eigenvalue weighted by molar-refractivity contribution is 0.243. The van der Waals surface area contributed by atoms with Gasteiger partial charge in [-0.15, -0.1) is 0 Å².